The molecule has 2 heterocycles. The van der Waals surface area contributed by atoms with Crippen molar-refractivity contribution in [1.82, 2.24) is 9.31 Å². The summed E-state index contributed by atoms with van der Waals surface area (Å²) in [5.74, 6) is -0.446. The van der Waals surface area contributed by atoms with Crippen molar-refractivity contribution in [2.24, 2.45) is 26.0 Å². The summed E-state index contributed by atoms with van der Waals surface area (Å²) in [5, 5.41) is 6.85. The molecule has 2 aromatic carbocycles. The van der Waals surface area contributed by atoms with Gasteiger partial charge in [0.15, 0.2) is 5.96 Å². The highest BCUT2D eigenvalue weighted by Gasteiger charge is 2.31. The first-order chi connectivity index (χ1) is 15.8. The van der Waals surface area contributed by atoms with E-state index in [-0.39, 0.29) is 17.8 Å². The topological polar surface area (TPSA) is 130 Å². The number of hydrazone groups is 1. The fraction of sp³-hybridized carbons (Fsp3) is 0.318. The zero-order valence-electron chi connectivity index (χ0n) is 18.0. The van der Waals surface area contributed by atoms with Crippen LogP contribution >= 0.6 is 11.6 Å². The van der Waals surface area contributed by atoms with Gasteiger partial charge in [0.25, 0.3) is 5.96 Å². The monoisotopic (exact) mass is 487 g/mol. The lowest BCUT2D eigenvalue weighted by Gasteiger charge is -2.31. The van der Waals surface area contributed by atoms with Gasteiger partial charge in [-0.2, -0.15) is 22.8 Å². The van der Waals surface area contributed by atoms with Gasteiger partial charge in [-0.05, 0) is 42.5 Å². The number of rotatable bonds is 4. The van der Waals surface area contributed by atoms with E-state index in [1.54, 1.807) is 12.1 Å². The van der Waals surface area contributed by atoms with E-state index in [0.29, 0.717) is 31.1 Å². The van der Waals surface area contributed by atoms with Crippen molar-refractivity contribution in [3.63, 3.8) is 0 Å². The van der Waals surface area contributed by atoms with Crippen molar-refractivity contribution in [2.45, 2.75) is 25.2 Å². The SMILES string of the molecule is NC(N)=N/C(=N\S(=O)(=O)N1CCCC1)N1CCC(c2ccccc2)C(c2ccc(Cl)cc2)=N1. The number of benzene rings is 2. The summed E-state index contributed by atoms with van der Waals surface area (Å²) in [5.41, 5.74) is 13.9. The Morgan fingerprint density at radius 3 is 2.30 bits per heavy atom. The number of halogens is 1. The number of hydrogen-bond acceptors (Lipinski definition) is 3. The highest BCUT2D eigenvalue weighted by atomic mass is 35.5. The van der Waals surface area contributed by atoms with Crippen LogP contribution < -0.4 is 11.5 Å². The van der Waals surface area contributed by atoms with Crippen LogP contribution in [-0.4, -0.2) is 55.0 Å². The molecule has 0 radical (unpaired) electrons. The first-order valence-corrected chi connectivity index (χ1v) is 12.5. The van der Waals surface area contributed by atoms with Gasteiger partial charge in [-0.15, -0.1) is 4.40 Å². The predicted octanol–water partition coefficient (Wildman–Crippen LogP) is 2.50. The van der Waals surface area contributed by atoms with Crippen LogP contribution in [0.3, 0.4) is 0 Å². The molecule has 174 valence electrons. The molecule has 2 aromatic rings. The smallest absolute Gasteiger partial charge is 0.325 e. The number of aliphatic imine (C=N–C) groups is 1. The molecule has 1 fully saturated rings. The maximum atomic E-state index is 12.8. The minimum Gasteiger partial charge on any atom is -0.370 e. The van der Waals surface area contributed by atoms with E-state index < -0.39 is 10.2 Å². The lowest BCUT2D eigenvalue weighted by Crippen LogP contribution is -2.38. The van der Waals surface area contributed by atoms with Gasteiger partial charge in [0, 0.05) is 30.6 Å². The van der Waals surface area contributed by atoms with Gasteiger partial charge in [-0.3, -0.25) is 0 Å². The molecule has 1 saturated heterocycles. The van der Waals surface area contributed by atoms with Crippen molar-refractivity contribution in [3.05, 3.63) is 70.7 Å². The van der Waals surface area contributed by atoms with E-state index in [1.165, 1.54) is 9.31 Å². The van der Waals surface area contributed by atoms with Gasteiger partial charge in [-0.25, -0.2) is 5.01 Å². The quantitative estimate of drug-likeness (QED) is 0.505. The van der Waals surface area contributed by atoms with E-state index >= 15 is 0 Å². The van der Waals surface area contributed by atoms with Crippen LogP contribution in [0.5, 0.6) is 0 Å². The zero-order valence-corrected chi connectivity index (χ0v) is 19.6. The van der Waals surface area contributed by atoms with E-state index in [1.807, 2.05) is 30.3 Å². The highest BCUT2D eigenvalue weighted by Crippen LogP contribution is 2.30. The summed E-state index contributed by atoms with van der Waals surface area (Å²) in [7, 11) is -3.93. The van der Waals surface area contributed by atoms with Crippen LogP contribution in [0.4, 0.5) is 0 Å². The summed E-state index contributed by atoms with van der Waals surface area (Å²) in [4.78, 5) is 4.01. The average molecular weight is 488 g/mol. The Morgan fingerprint density at radius 2 is 1.67 bits per heavy atom. The molecule has 11 heteroatoms. The van der Waals surface area contributed by atoms with Crippen LogP contribution in [-0.2, 0) is 10.2 Å². The van der Waals surface area contributed by atoms with Crippen molar-refractivity contribution in [2.75, 3.05) is 19.6 Å². The molecular formula is C22H26ClN7O2S. The molecule has 0 spiro atoms. The maximum Gasteiger partial charge on any atom is 0.325 e. The van der Waals surface area contributed by atoms with E-state index in [9.17, 15) is 8.42 Å². The van der Waals surface area contributed by atoms with Crippen LogP contribution in [0, 0.1) is 0 Å². The first-order valence-electron chi connectivity index (χ1n) is 10.7. The third kappa shape index (κ3) is 5.52. The Balaban J connectivity index is 1.78. The molecule has 33 heavy (non-hydrogen) atoms. The minimum absolute atomic E-state index is 0.000678. The molecule has 4 rings (SSSR count). The highest BCUT2D eigenvalue weighted by molar-refractivity contribution is 7.87. The van der Waals surface area contributed by atoms with Crippen molar-refractivity contribution >= 4 is 39.4 Å². The van der Waals surface area contributed by atoms with Crippen LogP contribution in [0.15, 0.2) is 69.1 Å². The van der Waals surface area contributed by atoms with Crippen LogP contribution in [0.1, 0.15) is 36.3 Å². The summed E-state index contributed by atoms with van der Waals surface area (Å²) >= 11 is 6.09. The molecule has 0 aliphatic carbocycles. The Morgan fingerprint density at radius 1 is 1.00 bits per heavy atom. The van der Waals surface area contributed by atoms with Gasteiger partial charge in [0.2, 0.25) is 0 Å². The van der Waals surface area contributed by atoms with Gasteiger partial charge in [0.05, 0.1) is 5.71 Å². The lowest BCUT2D eigenvalue weighted by molar-refractivity contribution is 0.399. The van der Waals surface area contributed by atoms with Crippen LogP contribution in [0.25, 0.3) is 0 Å². The van der Waals surface area contributed by atoms with E-state index in [0.717, 1.165) is 29.7 Å². The Kier molecular flexibility index (Phi) is 6.96. The van der Waals surface area contributed by atoms with E-state index in [2.05, 4.69) is 21.5 Å². The number of nitrogens with zero attached hydrogens (tertiary/aromatic N) is 5. The van der Waals surface area contributed by atoms with Crippen molar-refractivity contribution in [3.8, 4) is 0 Å². The maximum absolute atomic E-state index is 12.8. The Bertz CT molecular complexity index is 1170. The second-order valence-corrected chi connectivity index (χ2v) is 9.91. The normalized spacial score (nSPS) is 19.9. The number of guanidine groups is 2. The fourth-order valence-corrected chi connectivity index (χ4v) is 5.30. The molecule has 4 N–H and O–H groups in total. The molecule has 1 unspecified atom stereocenters. The van der Waals surface area contributed by atoms with Crippen molar-refractivity contribution in [1.29, 1.82) is 0 Å². The van der Waals surface area contributed by atoms with Gasteiger partial charge in [-0.1, -0.05) is 54.1 Å². The van der Waals surface area contributed by atoms with E-state index in [4.69, 9.17) is 28.2 Å². The Labute approximate surface area is 198 Å². The fourth-order valence-electron chi connectivity index (χ4n) is 3.99. The third-order valence-electron chi connectivity index (χ3n) is 5.58. The molecule has 0 aromatic heterocycles. The standard InChI is InChI=1S/C22H26ClN7O2S/c23-18-10-8-17(9-11-18)20-19(16-6-2-1-3-7-16)12-15-30(27-20)22(26-21(24)25)28-33(31,32)29-13-4-5-14-29/h1-3,6-11,19H,4-5,12-15H2,(H4,24,25,26,28). The van der Waals surface area contributed by atoms with Gasteiger partial charge >= 0.3 is 10.2 Å². The molecule has 0 bridgehead atoms. The summed E-state index contributed by atoms with van der Waals surface area (Å²) < 4.78 is 31.0. The lowest BCUT2D eigenvalue weighted by atomic mass is 9.86. The molecule has 9 nitrogen and oxygen atoms in total. The number of nitrogens with two attached hydrogens (primary N) is 2. The zero-order chi connectivity index (χ0) is 23.4. The first kappa shape index (κ1) is 23.2. The van der Waals surface area contributed by atoms with Gasteiger partial charge in [0.1, 0.15) is 0 Å². The second-order valence-electron chi connectivity index (χ2n) is 7.88. The molecule has 0 amide bonds. The largest absolute Gasteiger partial charge is 0.370 e. The molecular weight excluding hydrogens is 462 g/mol. The summed E-state index contributed by atoms with van der Waals surface area (Å²) in [6.45, 7) is 1.24. The third-order valence-corrected chi connectivity index (χ3v) is 7.24. The molecule has 0 saturated carbocycles. The molecule has 1 atom stereocenters. The molecule has 2 aliphatic rings. The van der Waals surface area contributed by atoms with Crippen molar-refractivity contribution < 1.29 is 8.42 Å². The molecule has 2 aliphatic heterocycles. The number of hydrogen-bond donors (Lipinski definition) is 2. The summed E-state index contributed by atoms with van der Waals surface area (Å²) in [6, 6.07) is 17.4. The Hall–Kier alpha value is -2.95. The second kappa shape index (κ2) is 9.90. The minimum atomic E-state index is -3.93. The van der Waals surface area contributed by atoms with Crippen LogP contribution in [0.2, 0.25) is 5.02 Å². The summed E-state index contributed by atoms with van der Waals surface area (Å²) in [6.07, 6.45) is 2.26. The predicted molar refractivity (Wildman–Crippen MR) is 131 cm³/mol. The van der Waals surface area contributed by atoms with Gasteiger partial charge < -0.3 is 11.5 Å². The average Bonchev–Trinajstić information content (AvgIpc) is 3.35.